The summed E-state index contributed by atoms with van der Waals surface area (Å²) in [5.41, 5.74) is 0.537. The second-order valence-corrected chi connectivity index (χ2v) is 7.37. The van der Waals surface area contributed by atoms with Gasteiger partial charge in [0.15, 0.2) is 5.78 Å². The summed E-state index contributed by atoms with van der Waals surface area (Å²) >= 11 is 0. The predicted molar refractivity (Wildman–Crippen MR) is 108 cm³/mol. The molecular formula is C22H25F3N2O4. The fourth-order valence-corrected chi connectivity index (χ4v) is 3.27. The Morgan fingerprint density at radius 2 is 1.68 bits per heavy atom. The van der Waals surface area contributed by atoms with E-state index in [2.05, 4.69) is 4.98 Å². The SMILES string of the molecule is CCOC(=O)c1[nH]c(C)c(C(=O)CN(C(=O)c2ccc(C(F)(F)F)cc2)C(C)C)c1C. The lowest BCUT2D eigenvalue weighted by molar-refractivity contribution is -0.137. The second-order valence-electron chi connectivity index (χ2n) is 7.37. The van der Waals surface area contributed by atoms with Crippen molar-refractivity contribution in [2.45, 2.75) is 46.8 Å². The van der Waals surface area contributed by atoms with Crippen LogP contribution in [0.3, 0.4) is 0 Å². The Bertz CT molecular complexity index is 976. The molecular weight excluding hydrogens is 413 g/mol. The Morgan fingerprint density at radius 3 is 2.16 bits per heavy atom. The number of aromatic amines is 1. The first-order valence-electron chi connectivity index (χ1n) is 9.76. The van der Waals surface area contributed by atoms with Gasteiger partial charge in [-0.05, 0) is 64.4 Å². The summed E-state index contributed by atoms with van der Waals surface area (Å²) < 4.78 is 43.3. The molecule has 0 bridgehead atoms. The fourth-order valence-electron chi connectivity index (χ4n) is 3.27. The number of ether oxygens (including phenoxy) is 1. The van der Waals surface area contributed by atoms with Gasteiger partial charge in [0.25, 0.3) is 5.91 Å². The second kappa shape index (κ2) is 9.36. The van der Waals surface area contributed by atoms with Crippen LogP contribution >= 0.6 is 0 Å². The van der Waals surface area contributed by atoms with Crippen molar-refractivity contribution >= 4 is 17.7 Å². The van der Waals surface area contributed by atoms with Gasteiger partial charge in [-0.15, -0.1) is 0 Å². The lowest BCUT2D eigenvalue weighted by atomic mass is 10.0. The Kier molecular flexibility index (Phi) is 7.30. The molecule has 2 rings (SSSR count). The first-order valence-corrected chi connectivity index (χ1v) is 9.76. The minimum Gasteiger partial charge on any atom is -0.461 e. The average molecular weight is 438 g/mol. The van der Waals surface area contributed by atoms with E-state index < -0.39 is 29.4 Å². The number of Topliss-reactive ketones (excluding diaryl/α,β-unsaturated/α-hetero) is 1. The van der Waals surface area contributed by atoms with Gasteiger partial charge in [-0.1, -0.05) is 0 Å². The normalized spacial score (nSPS) is 11.5. The lowest BCUT2D eigenvalue weighted by Gasteiger charge is -2.26. The molecule has 2 aromatic rings. The number of ketones is 1. The number of H-pyrrole nitrogens is 1. The van der Waals surface area contributed by atoms with Crippen molar-refractivity contribution in [2.75, 3.05) is 13.2 Å². The van der Waals surface area contributed by atoms with Gasteiger partial charge in [0.2, 0.25) is 0 Å². The van der Waals surface area contributed by atoms with E-state index in [1.165, 1.54) is 4.90 Å². The van der Waals surface area contributed by atoms with Gasteiger partial charge in [-0.3, -0.25) is 9.59 Å². The van der Waals surface area contributed by atoms with Gasteiger partial charge in [-0.2, -0.15) is 13.2 Å². The Morgan fingerprint density at radius 1 is 1.10 bits per heavy atom. The first kappa shape index (κ1) is 24.2. The largest absolute Gasteiger partial charge is 0.461 e. The smallest absolute Gasteiger partial charge is 0.416 e. The van der Waals surface area contributed by atoms with Crippen LogP contribution in [0.4, 0.5) is 13.2 Å². The monoisotopic (exact) mass is 438 g/mol. The van der Waals surface area contributed by atoms with Crippen LogP contribution in [0, 0.1) is 13.8 Å². The van der Waals surface area contributed by atoms with Crippen LogP contribution in [0.5, 0.6) is 0 Å². The van der Waals surface area contributed by atoms with Crippen LogP contribution in [0.2, 0.25) is 0 Å². The van der Waals surface area contributed by atoms with Gasteiger partial charge in [0.05, 0.1) is 18.7 Å². The quantitative estimate of drug-likeness (QED) is 0.508. The van der Waals surface area contributed by atoms with Crippen molar-refractivity contribution in [3.8, 4) is 0 Å². The molecule has 0 aliphatic heterocycles. The van der Waals surface area contributed by atoms with E-state index in [0.717, 1.165) is 24.3 Å². The molecule has 0 spiro atoms. The van der Waals surface area contributed by atoms with Crippen molar-refractivity contribution < 1.29 is 32.3 Å². The standard InChI is InChI=1S/C22H25F3N2O4/c1-6-31-21(30)19-13(4)18(14(5)26-19)17(28)11-27(12(2)3)20(29)15-7-9-16(10-8-15)22(23,24)25/h7-10,12,26H,6,11H2,1-5H3. The molecule has 6 nitrogen and oxygen atoms in total. The van der Waals surface area contributed by atoms with Crippen LogP contribution in [-0.2, 0) is 10.9 Å². The van der Waals surface area contributed by atoms with E-state index in [9.17, 15) is 27.6 Å². The van der Waals surface area contributed by atoms with E-state index in [0.29, 0.717) is 11.3 Å². The van der Waals surface area contributed by atoms with Crippen LogP contribution in [-0.4, -0.2) is 46.7 Å². The van der Waals surface area contributed by atoms with E-state index in [4.69, 9.17) is 4.74 Å². The highest BCUT2D eigenvalue weighted by Crippen LogP contribution is 2.29. The first-order chi connectivity index (χ1) is 14.4. The number of aryl methyl sites for hydroxylation is 1. The maximum Gasteiger partial charge on any atom is 0.416 e. The molecule has 0 fully saturated rings. The van der Waals surface area contributed by atoms with Gasteiger partial charge >= 0.3 is 12.1 Å². The summed E-state index contributed by atoms with van der Waals surface area (Å²) in [6, 6.07) is 3.47. The molecule has 168 valence electrons. The third kappa shape index (κ3) is 5.34. The molecule has 1 aromatic carbocycles. The molecule has 0 radical (unpaired) electrons. The topological polar surface area (TPSA) is 79.5 Å². The van der Waals surface area contributed by atoms with Crippen molar-refractivity contribution in [1.29, 1.82) is 0 Å². The summed E-state index contributed by atoms with van der Waals surface area (Å²) in [5.74, 6) is -1.53. The zero-order valence-electron chi connectivity index (χ0n) is 18.0. The van der Waals surface area contributed by atoms with E-state index in [1.54, 1.807) is 34.6 Å². The summed E-state index contributed by atoms with van der Waals surface area (Å²) in [6.07, 6.45) is -4.50. The number of aromatic nitrogens is 1. The molecule has 0 saturated carbocycles. The molecule has 0 aliphatic rings. The number of hydrogen-bond donors (Lipinski definition) is 1. The Balaban J connectivity index is 2.29. The van der Waals surface area contributed by atoms with Crippen LogP contribution in [0.1, 0.15) is 68.8 Å². The van der Waals surface area contributed by atoms with Crippen LogP contribution in [0.25, 0.3) is 0 Å². The highest BCUT2D eigenvalue weighted by Gasteiger charge is 2.31. The fraction of sp³-hybridized carbons (Fsp3) is 0.409. The van der Waals surface area contributed by atoms with Gasteiger partial charge in [0.1, 0.15) is 5.69 Å². The van der Waals surface area contributed by atoms with Crippen molar-refractivity contribution in [3.05, 3.63) is 57.9 Å². The molecule has 9 heteroatoms. The zero-order chi connectivity index (χ0) is 23.5. The van der Waals surface area contributed by atoms with Crippen LogP contribution in [0.15, 0.2) is 24.3 Å². The van der Waals surface area contributed by atoms with Crippen molar-refractivity contribution in [2.24, 2.45) is 0 Å². The highest BCUT2D eigenvalue weighted by atomic mass is 19.4. The van der Waals surface area contributed by atoms with E-state index >= 15 is 0 Å². The number of hydrogen-bond acceptors (Lipinski definition) is 4. The molecule has 1 N–H and O–H groups in total. The number of amides is 1. The molecule has 0 unspecified atom stereocenters. The summed E-state index contributed by atoms with van der Waals surface area (Å²) in [4.78, 5) is 42.1. The third-order valence-corrected chi connectivity index (χ3v) is 4.85. The van der Waals surface area contributed by atoms with E-state index in [-0.39, 0.29) is 36.0 Å². The Labute approximate surface area is 178 Å². The lowest BCUT2D eigenvalue weighted by Crippen LogP contribution is -2.41. The zero-order valence-corrected chi connectivity index (χ0v) is 18.0. The number of carbonyl (C=O) groups excluding carboxylic acids is 3. The maximum atomic E-state index is 13.0. The number of benzene rings is 1. The minimum atomic E-state index is -4.50. The molecule has 1 aromatic heterocycles. The summed E-state index contributed by atoms with van der Waals surface area (Å²) in [6.45, 7) is 8.22. The Hall–Kier alpha value is -3.10. The number of alkyl halides is 3. The summed E-state index contributed by atoms with van der Waals surface area (Å²) in [7, 11) is 0. The molecule has 0 atom stereocenters. The molecule has 31 heavy (non-hydrogen) atoms. The van der Waals surface area contributed by atoms with Crippen molar-refractivity contribution in [3.63, 3.8) is 0 Å². The third-order valence-electron chi connectivity index (χ3n) is 4.85. The summed E-state index contributed by atoms with van der Waals surface area (Å²) in [5, 5.41) is 0. The minimum absolute atomic E-state index is 0.0456. The maximum absolute atomic E-state index is 13.0. The number of carbonyl (C=O) groups is 3. The molecule has 0 saturated heterocycles. The van der Waals surface area contributed by atoms with E-state index in [1.807, 2.05) is 0 Å². The number of nitrogens with one attached hydrogen (secondary N) is 1. The van der Waals surface area contributed by atoms with Gasteiger partial charge < -0.3 is 14.6 Å². The number of esters is 1. The molecule has 1 amide bonds. The number of nitrogens with zero attached hydrogens (tertiary/aromatic N) is 1. The number of rotatable bonds is 7. The van der Waals surface area contributed by atoms with Crippen molar-refractivity contribution in [1.82, 2.24) is 9.88 Å². The molecule has 1 heterocycles. The van der Waals surface area contributed by atoms with Gasteiger partial charge in [0, 0.05) is 22.9 Å². The average Bonchev–Trinajstić information content (AvgIpc) is 2.99. The number of halogens is 3. The predicted octanol–water partition coefficient (Wildman–Crippen LogP) is 4.56. The highest BCUT2D eigenvalue weighted by molar-refractivity contribution is 6.05. The molecule has 0 aliphatic carbocycles. The van der Waals surface area contributed by atoms with Gasteiger partial charge in [-0.25, -0.2) is 4.79 Å². The van der Waals surface area contributed by atoms with Crippen LogP contribution < -0.4 is 0 Å².